The van der Waals surface area contributed by atoms with E-state index >= 15 is 0 Å². The molecule has 0 saturated carbocycles. The van der Waals surface area contributed by atoms with E-state index in [-0.39, 0.29) is 11.7 Å². The molecule has 4 aromatic rings. The first-order chi connectivity index (χ1) is 12.7. The Morgan fingerprint density at radius 2 is 2.00 bits per heavy atom. The van der Waals surface area contributed by atoms with Crippen LogP contribution in [-0.2, 0) is 4.79 Å². The number of para-hydroxylation sites is 1. The van der Waals surface area contributed by atoms with Crippen molar-refractivity contribution in [1.82, 2.24) is 14.5 Å². The van der Waals surface area contributed by atoms with Crippen LogP contribution in [0.2, 0.25) is 5.02 Å². The van der Waals surface area contributed by atoms with Crippen molar-refractivity contribution >= 4 is 56.0 Å². The minimum atomic E-state index is -0.111. The number of hydrogen-bond donors (Lipinski definition) is 1. The maximum absolute atomic E-state index is 12.3. The Hall–Kier alpha value is -2.35. The fourth-order valence-electron chi connectivity index (χ4n) is 2.41. The number of nitrogens with one attached hydrogen (secondary N) is 1. The summed E-state index contributed by atoms with van der Waals surface area (Å²) in [5.74, 6) is 0.139. The largest absolute Gasteiger partial charge is 0.301 e. The maximum Gasteiger partial charge on any atom is 0.236 e. The minimum Gasteiger partial charge on any atom is -0.301 e. The van der Waals surface area contributed by atoms with Crippen LogP contribution in [0.4, 0.5) is 5.13 Å². The zero-order valence-corrected chi connectivity index (χ0v) is 15.8. The van der Waals surface area contributed by atoms with Gasteiger partial charge >= 0.3 is 0 Å². The first-order valence-corrected chi connectivity index (χ1v) is 9.94. The lowest BCUT2D eigenvalue weighted by Crippen LogP contribution is -2.14. The van der Waals surface area contributed by atoms with E-state index in [4.69, 9.17) is 11.6 Å². The van der Waals surface area contributed by atoms with E-state index in [1.165, 1.54) is 23.1 Å². The summed E-state index contributed by atoms with van der Waals surface area (Å²) in [4.78, 5) is 21.0. The molecule has 0 bridgehead atoms. The molecule has 0 atom stereocenters. The fraction of sp³-hybridized carbons (Fsp3) is 0.0556. The van der Waals surface area contributed by atoms with Gasteiger partial charge < -0.3 is 5.32 Å². The number of thiazole rings is 1. The number of nitrogens with zero attached hydrogens (tertiary/aromatic N) is 3. The number of rotatable bonds is 5. The van der Waals surface area contributed by atoms with E-state index in [2.05, 4.69) is 15.3 Å². The Kier molecular flexibility index (Phi) is 4.92. The van der Waals surface area contributed by atoms with Crippen molar-refractivity contribution in [3.63, 3.8) is 0 Å². The lowest BCUT2D eigenvalue weighted by atomic mass is 10.3. The van der Waals surface area contributed by atoms with E-state index in [1.54, 1.807) is 6.20 Å². The Labute approximate surface area is 163 Å². The van der Waals surface area contributed by atoms with Crippen molar-refractivity contribution in [2.75, 3.05) is 11.1 Å². The molecule has 0 saturated heterocycles. The lowest BCUT2D eigenvalue weighted by Gasteiger charge is -2.07. The SMILES string of the molecule is O=C(CSc1nccn1-c1ccc(Cl)cc1)Nc1nc2ccccc2s1. The smallest absolute Gasteiger partial charge is 0.236 e. The van der Waals surface area contributed by atoms with Crippen molar-refractivity contribution < 1.29 is 4.79 Å². The second-order valence-electron chi connectivity index (χ2n) is 5.38. The van der Waals surface area contributed by atoms with E-state index in [1.807, 2.05) is 59.3 Å². The third-order valence-corrected chi connectivity index (χ3v) is 5.75. The van der Waals surface area contributed by atoms with Gasteiger partial charge in [0.25, 0.3) is 0 Å². The third kappa shape index (κ3) is 3.75. The number of thioether (sulfide) groups is 1. The Morgan fingerprint density at radius 3 is 2.81 bits per heavy atom. The third-order valence-electron chi connectivity index (χ3n) is 3.58. The van der Waals surface area contributed by atoms with Crippen LogP contribution in [0, 0.1) is 0 Å². The van der Waals surface area contributed by atoms with Crippen LogP contribution in [0.5, 0.6) is 0 Å². The monoisotopic (exact) mass is 400 g/mol. The van der Waals surface area contributed by atoms with Crippen molar-refractivity contribution in [2.45, 2.75) is 5.16 Å². The number of hydrogen-bond acceptors (Lipinski definition) is 5. The first kappa shape index (κ1) is 17.1. The summed E-state index contributed by atoms with van der Waals surface area (Å²) in [5.41, 5.74) is 1.83. The molecule has 1 N–H and O–H groups in total. The van der Waals surface area contributed by atoms with Crippen LogP contribution < -0.4 is 5.32 Å². The van der Waals surface area contributed by atoms with Crippen LogP contribution in [0.15, 0.2) is 66.1 Å². The Balaban J connectivity index is 1.42. The van der Waals surface area contributed by atoms with Crippen molar-refractivity contribution in [1.29, 1.82) is 0 Å². The Bertz CT molecular complexity index is 1030. The van der Waals surface area contributed by atoms with Gasteiger partial charge in [-0.25, -0.2) is 9.97 Å². The van der Waals surface area contributed by atoms with Crippen LogP contribution in [0.25, 0.3) is 15.9 Å². The van der Waals surface area contributed by atoms with Crippen molar-refractivity contribution in [3.8, 4) is 5.69 Å². The number of aromatic nitrogens is 3. The van der Waals surface area contributed by atoms with Crippen LogP contribution in [-0.4, -0.2) is 26.2 Å². The molecule has 26 heavy (non-hydrogen) atoms. The highest BCUT2D eigenvalue weighted by atomic mass is 35.5. The van der Waals surface area contributed by atoms with Gasteiger partial charge in [0.1, 0.15) is 0 Å². The normalized spacial score (nSPS) is 11.0. The molecule has 5 nitrogen and oxygen atoms in total. The number of halogens is 1. The van der Waals surface area contributed by atoms with Crippen LogP contribution >= 0.6 is 34.7 Å². The molecule has 0 aliphatic heterocycles. The van der Waals surface area contributed by atoms with Gasteiger partial charge in [-0.2, -0.15) is 0 Å². The van der Waals surface area contributed by atoms with Crippen molar-refractivity contribution in [3.05, 3.63) is 65.9 Å². The maximum atomic E-state index is 12.3. The lowest BCUT2D eigenvalue weighted by molar-refractivity contribution is -0.113. The predicted molar refractivity (Wildman–Crippen MR) is 108 cm³/mol. The first-order valence-electron chi connectivity index (χ1n) is 7.76. The molecule has 4 rings (SSSR count). The molecule has 1 amide bonds. The van der Waals surface area contributed by atoms with Gasteiger partial charge in [-0.05, 0) is 36.4 Å². The second-order valence-corrected chi connectivity index (χ2v) is 7.79. The molecular formula is C18H13ClN4OS2. The zero-order chi connectivity index (χ0) is 17.9. The zero-order valence-electron chi connectivity index (χ0n) is 13.4. The number of fused-ring (bicyclic) bond motifs is 1. The average molecular weight is 401 g/mol. The molecule has 0 unspecified atom stereocenters. The molecule has 0 aliphatic rings. The summed E-state index contributed by atoms with van der Waals surface area (Å²) in [7, 11) is 0. The quantitative estimate of drug-likeness (QED) is 0.486. The number of carbonyl (C=O) groups excluding carboxylic acids is 1. The topological polar surface area (TPSA) is 59.8 Å². The molecule has 0 radical (unpaired) electrons. The fourth-order valence-corrected chi connectivity index (χ4v) is 4.19. The summed E-state index contributed by atoms with van der Waals surface area (Å²) in [5, 5.41) is 4.88. The van der Waals surface area contributed by atoms with E-state index in [0.717, 1.165) is 21.1 Å². The van der Waals surface area contributed by atoms with Gasteiger partial charge in [0.2, 0.25) is 5.91 Å². The van der Waals surface area contributed by atoms with Gasteiger partial charge in [-0.1, -0.05) is 46.8 Å². The highest BCUT2D eigenvalue weighted by Crippen LogP contribution is 2.26. The predicted octanol–water partition coefficient (Wildman–Crippen LogP) is 4.87. The molecule has 2 aromatic carbocycles. The average Bonchev–Trinajstić information content (AvgIpc) is 3.26. The summed E-state index contributed by atoms with van der Waals surface area (Å²) in [6.45, 7) is 0. The van der Waals surface area contributed by atoms with Gasteiger partial charge in [0.15, 0.2) is 10.3 Å². The molecular weight excluding hydrogens is 388 g/mol. The van der Waals surface area contributed by atoms with Crippen LogP contribution in [0.3, 0.4) is 0 Å². The highest BCUT2D eigenvalue weighted by molar-refractivity contribution is 7.99. The van der Waals surface area contributed by atoms with Crippen LogP contribution in [0.1, 0.15) is 0 Å². The van der Waals surface area contributed by atoms with Crippen molar-refractivity contribution in [2.24, 2.45) is 0 Å². The number of imidazole rings is 1. The van der Waals surface area contributed by atoms with Gasteiger partial charge in [-0.3, -0.25) is 9.36 Å². The minimum absolute atomic E-state index is 0.111. The number of amides is 1. The Morgan fingerprint density at radius 1 is 1.19 bits per heavy atom. The second kappa shape index (κ2) is 7.49. The van der Waals surface area contributed by atoms with E-state index in [0.29, 0.717) is 10.2 Å². The molecule has 130 valence electrons. The number of anilines is 1. The molecule has 2 heterocycles. The van der Waals surface area contributed by atoms with E-state index in [9.17, 15) is 4.79 Å². The van der Waals surface area contributed by atoms with Gasteiger partial charge in [-0.15, -0.1) is 0 Å². The molecule has 2 aromatic heterocycles. The summed E-state index contributed by atoms with van der Waals surface area (Å²) in [6.07, 6.45) is 3.57. The van der Waals surface area contributed by atoms with Gasteiger partial charge in [0, 0.05) is 23.1 Å². The summed E-state index contributed by atoms with van der Waals surface area (Å²) < 4.78 is 2.97. The van der Waals surface area contributed by atoms with E-state index < -0.39 is 0 Å². The molecule has 0 aliphatic carbocycles. The summed E-state index contributed by atoms with van der Waals surface area (Å²) >= 11 is 8.77. The molecule has 0 spiro atoms. The molecule has 0 fully saturated rings. The molecule has 8 heteroatoms. The summed E-state index contributed by atoms with van der Waals surface area (Å²) in [6, 6.07) is 15.3. The number of carbonyl (C=O) groups is 1. The standard InChI is InChI=1S/C18H13ClN4OS2/c19-12-5-7-13(8-6-12)23-10-9-20-18(23)25-11-16(24)22-17-21-14-3-1-2-4-15(14)26-17/h1-10H,11H2,(H,21,22,24). The highest BCUT2D eigenvalue weighted by Gasteiger charge is 2.11. The number of benzene rings is 2. The van der Waals surface area contributed by atoms with Gasteiger partial charge in [0.05, 0.1) is 16.0 Å².